The third-order valence-electron chi connectivity index (χ3n) is 4.89. The van der Waals surface area contributed by atoms with E-state index in [4.69, 9.17) is 0 Å². The second kappa shape index (κ2) is 6.45. The van der Waals surface area contributed by atoms with Crippen LogP contribution in [-0.4, -0.2) is 65.9 Å². The molecule has 2 saturated heterocycles. The maximum Gasteiger partial charge on any atom is 0.222 e. The highest BCUT2D eigenvalue weighted by molar-refractivity contribution is 7.13. The van der Waals surface area contributed by atoms with E-state index < -0.39 is 0 Å². The van der Waals surface area contributed by atoms with Gasteiger partial charge in [0.15, 0.2) is 0 Å². The minimum atomic E-state index is 0.331. The molecule has 2 fully saturated rings. The molecule has 2 aliphatic rings. The van der Waals surface area contributed by atoms with Crippen LogP contribution in [0.5, 0.6) is 0 Å². The Morgan fingerprint density at radius 2 is 1.87 bits per heavy atom. The minimum Gasteiger partial charge on any atom is -0.353 e. The van der Waals surface area contributed by atoms with Crippen LogP contribution >= 0.6 is 11.5 Å². The monoisotopic (exact) mass is 330 g/mol. The van der Waals surface area contributed by atoms with Gasteiger partial charge in [0.1, 0.15) is 5.82 Å². The molecule has 2 aliphatic heterocycles. The van der Waals surface area contributed by atoms with Gasteiger partial charge in [-0.2, -0.15) is 4.37 Å². The van der Waals surface area contributed by atoms with Crippen LogP contribution < -0.4 is 4.90 Å². The van der Waals surface area contributed by atoms with Crippen molar-refractivity contribution in [1.29, 1.82) is 0 Å². The molecule has 0 unspecified atom stereocenters. The lowest BCUT2D eigenvalue weighted by molar-refractivity contribution is -0.127. The summed E-state index contributed by atoms with van der Waals surface area (Å²) in [5, 5.41) is 1.27. The lowest BCUT2D eigenvalue weighted by atomic mass is 10.2. The third kappa shape index (κ3) is 3.05. The summed E-state index contributed by atoms with van der Waals surface area (Å²) >= 11 is 1.59. The van der Waals surface area contributed by atoms with Crippen molar-refractivity contribution < 1.29 is 4.79 Å². The molecule has 0 atom stereocenters. The number of hydrogen-bond donors (Lipinski definition) is 0. The topological polar surface area (TPSA) is 39.7 Å². The van der Waals surface area contributed by atoms with E-state index in [1.165, 1.54) is 10.1 Å². The summed E-state index contributed by atoms with van der Waals surface area (Å²) in [6, 6.07) is 8.46. The number of carbonyl (C=O) groups excluding carboxylic acids is 1. The van der Waals surface area contributed by atoms with Gasteiger partial charge in [0.25, 0.3) is 0 Å². The third-order valence-corrected chi connectivity index (χ3v) is 5.70. The zero-order valence-electron chi connectivity index (χ0n) is 13.3. The Morgan fingerprint density at radius 1 is 1.04 bits per heavy atom. The van der Waals surface area contributed by atoms with Crippen molar-refractivity contribution in [3.8, 4) is 0 Å². The van der Waals surface area contributed by atoms with Crippen molar-refractivity contribution >= 4 is 33.3 Å². The van der Waals surface area contributed by atoms with Crippen LogP contribution in [0, 0.1) is 0 Å². The van der Waals surface area contributed by atoms with Gasteiger partial charge in [0, 0.05) is 57.6 Å². The summed E-state index contributed by atoms with van der Waals surface area (Å²) in [5.74, 6) is 1.47. The first-order chi connectivity index (χ1) is 11.3. The molecule has 23 heavy (non-hydrogen) atoms. The van der Waals surface area contributed by atoms with Crippen molar-refractivity contribution in [2.24, 2.45) is 0 Å². The van der Waals surface area contributed by atoms with Gasteiger partial charge in [-0.1, -0.05) is 12.1 Å². The summed E-state index contributed by atoms with van der Waals surface area (Å²) in [6.45, 7) is 6.96. The molecule has 0 saturated carbocycles. The zero-order valence-corrected chi connectivity index (χ0v) is 14.1. The molecule has 0 spiro atoms. The Hall–Kier alpha value is -1.66. The standard InChI is InChI=1S/C17H22N4OS/c22-16-6-3-7-20(16)11-8-19-9-12-21(13-10-19)17-14-4-1-2-5-15(14)23-18-17/h1-2,4-5H,3,6-13H2. The summed E-state index contributed by atoms with van der Waals surface area (Å²) < 4.78 is 5.92. The first kappa shape index (κ1) is 14.9. The number of piperazine rings is 1. The van der Waals surface area contributed by atoms with E-state index in [1.807, 2.05) is 4.90 Å². The van der Waals surface area contributed by atoms with Gasteiger partial charge in [-0.05, 0) is 30.1 Å². The van der Waals surface area contributed by atoms with Crippen molar-refractivity contribution in [1.82, 2.24) is 14.2 Å². The highest BCUT2D eigenvalue weighted by atomic mass is 32.1. The molecular formula is C17H22N4OS. The number of likely N-dealkylation sites (tertiary alicyclic amines) is 1. The molecule has 122 valence electrons. The Balaban J connectivity index is 1.33. The van der Waals surface area contributed by atoms with Gasteiger partial charge in [0.05, 0.1) is 4.70 Å². The molecule has 3 heterocycles. The Bertz CT molecular complexity index is 693. The minimum absolute atomic E-state index is 0.331. The number of amides is 1. The largest absolute Gasteiger partial charge is 0.353 e. The fraction of sp³-hybridized carbons (Fsp3) is 0.529. The van der Waals surface area contributed by atoms with Gasteiger partial charge in [-0.15, -0.1) is 0 Å². The smallest absolute Gasteiger partial charge is 0.222 e. The number of rotatable bonds is 4. The molecule has 0 N–H and O–H groups in total. The van der Waals surface area contributed by atoms with Crippen LogP contribution in [0.1, 0.15) is 12.8 Å². The zero-order chi connectivity index (χ0) is 15.6. The second-order valence-electron chi connectivity index (χ2n) is 6.32. The van der Waals surface area contributed by atoms with E-state index in [9.17, 15) is 4.79 Å². The number of aromatic nitrogens is 1. The Morgan fingerprint density at radius 3 is 2.65 bits per heavy atom. The SMILES string of the molecule is O=C1CCCN1CCN1CCN(c2nsc3ccccc23)CC1. The summed E-state index contributed by atoms with van der Waals surface area (Å²) in [4.78, 5) is 18.6. The molecule has 5 nitrogen and oxygen atoms in total. The number of anilines is 1. The maximum absolute atomic E-state index is 11.7. The predicted molar refractivity (Wildman–Crippen MR) is 94.1 cm³/mol. The number of carbonyl (C=O) groups is 1. The molecule has 1 aromatic carbocycles. The van der Waals surface area contributed by atoms with Gasteiger partial charge in [0.2, 0.25) is 5.91 Å². The van der Waals surface area contributed by atoms with Crippen LogP contribution in [0.4, 0.5) is 5.82 Å². The van der Waals surface area contributed by atoms with Crippen LogP contribution in [0.3, 0.4) is 0 Å². The normalized spacial score (nSPS) is 19.9. The first-order valence-electron chi connectivity index (χ1n) is 8.41. The lowest BCUT2D eigenvalue weighted by Gasteiger charge is -2.35. The van der Waals surface area contributed by atoms with Gasteiger partial charge in [-0.3, -0.25) is 9.69 Å². The summed E-state index contributed by atoms with van der Waals surface area (Å²) in [7, 11) is 0. The molecule has 4 rings (SSSR count). The van der Waals surface area contributed by atoms with Gasteiger partial charge in [-0.25, -0.2) is 0 Å². The molecule has 0 bridgehead atoms. The van der Waals surface area contributed by atoms with Gasteiger partial charge < -0.3 is 9.80 Å². The maximum atomic E-state index is 11.7. The molecule has 1 amide bonds. The fourth-order valence-corrected chi connectivity index (χ4v) is 4.28. The number of benzene rings is 1. The molecule has 2 aromatic rings. The summed E-state index contributed by atoms with van der Waals surface area (Å²) in [6.07, 6.45) is 1.77. The van der Waals surface area contributed by atoms with Crippen LogP contribution in [0.2, 0.25) is 0 Å². The second-order valence-corrected chi connectivity index (χ2v) is 7.12. The number of nitrogens with zero attached hydrogens (tertiary/aromatic N) is 4. The van der Waals surface area contributed by atoms with Gasteiger partial charge >= 0.3 is 0 Å². The van der Waals surface area contributed by atoms with Crippen molar-refractivity contribution in [3.05, 3.63) is 24.3 Å². The highest BCUT2D eigenvalue weighted by Gasteiger charge is 2.23. The van der Waals surface area contributed by atoms with Crippen LogP contribution in [0.25, 0.3) is 10.1 Å². The number of fused-ring (bicyclic) bond motifs is 1. The molecule has 1 aromatic heterocycles. The van der Waals surface area contributed by atoms with Crippen LogP contribution in [0.15, 0.2) is 24.3 Å². The predicted octanol–water partition coefficient (Wildman–Crippen LogP) is 2.04. The molecular weight excluding hydrogens is 308 g/mol. The Kier molecular flexibility index (Phi) is 4.18. The molecule has 0 aliphatic carbocycles. The van der Waals surface area contributed by atoms with E-state index in [2.05, 4.69) is 38.4 Å². The van der Waals surface area contributed by atoms with Crippen LogP contribution in [-0.2, 0) is 4.79 Å². The molecule has 0 radical (unpaired) electrons. The van der Waals surface area contributed by atoms with Crippen molar-refractivity contribution in [2.45, 2.75) is 12.8 Å². The van der Waals surface area contributed by atoms with E-state index in [1.54, 1.807) is 11.5 Å². The Labute approximate surface area is 140 Å². The van der Waals surface area contributed by atoms with E-state index >= 15 is 0 Å². The quantitative estimate of drug-likeness (QED) is 0.860. The fourth-order valence-electron chi connectivity index (χ4n) is 3.49. The lowest BCUT2D eigenvalue weighted by Crippen LogP contribution is -2.48. The van der Waals surface area contributed by atoms with E-state index in [-0.39, 0.29) is 0 Å². The average molecular weight is 330 g/mol. The average Bonchev–Trinajstić information content (AvgIpc) is 3.20. The van der Waals surface area contributed by atoms with E-state index in [0.29, 0.717) is 5.91 Å². The number of hydrogen-bond acceptors (Lipinski definition) is 5. The van der Waals surface area contributed by atoms with E-state index in [0.717, 1.165) is 64.5 Å². The first-order valence-corrected chi connectivity index (χ1v) is 9.18. The highest BCUT2D eigenvalue weighted by Crippen LogP contribution is 2.29. The summed E-state index contributed by atoms with van der Waals surface area (Å²) in [5.41, 5.74) is 0. The van der Waals surface area contributed by atoms with Crippen molar-refractivity contribution in [3.63, 3.8) is 0 Å². The molecule has 6 heteroatoms. The van der Waals surface area contributed by atoms with Crippen molar-refractivity contribution in [2.75, 3.05) is 50.7 Å².